The Balaban J connectivity index is 1.43. The van der Waals surface area contributed by atoms with E-state index in [9.17, 15) is 26.4 Å². The molecule has 2 aromatic heterocycles. The van der Waals surface area contributed by atoms with Crippen molar-refractivity contribution in [1.29, 1.82) is 0 Å². The van der Waals surface area contributed by atoms with Gasteiger partial charge in [-0.05, 0) is 43.4 Å². The number of nitrogens with zero attached hydrogens (tertiary/aromatic N) is 3. The Labute approximate surface area is 191 Å². The lowest BCUT2D eigenvalue weighted by atomic mass is 9.95. The van der Waals surface area contributed by atoms with Crippen LogP contribution < -0.4 is 10.5 Å². The first-order valence-corrected chi connectivity index (χ1v) is 12.4. The van der Waals surface area contributed by atoms with Crippen molar-refractivity contribution in [3.05, 3.63) is 62.9 Å². The second-order valence-corrected chi connectivity index (χ2v) is 10.1. The fourth-order valence-electron chi connectivity index (χ4n) is 3.72. The number of amides is 1. The van der Waals surface area contributed by atoms with E-state index >= 15 is 0 Å². The fourth-order valence-corrected chi connectivity index (χ4v) is 4.99. The van der Waals surface area contributed by atoms with Crippen molar-refractivity contribution in [2.24, 2.45) is 5.14 Å². The van der Waals surface area contributed by atoms with Crippen molar-refractivity contribution >= 4 is 27.3 Å². The zero-order valence-electron chi connectivity index (χ0n) is 17.2. The Hall–Kier alpha value is -2.77. The summed E-state index contributed by atoms with van der Waals surface area (Å²) in [5.41, 5.74) is 0.817. The smallest absolute Gasteiger partial charge is 0.347 e. The summed E-state index contributed by atoms with van der Waals surface area (Å²) in [6.07, 6.45) is -2.11. The SMILES string of the molecule is NS(=O)(=O)c1ccc(CNC(=O)c2csc(Cn3nc(C(F)(F)F)c4c3CCCC4)n2)cc1. The van der Waals surface area contributed by atoms with E-state index in [1.165, 1.54) is 45.7 Å². The maximum Gasteiger partial charge on any atom is 0.435 e. The number of aromatic nitrogens is 3. The molecule has 0 saturated carbocycles. The van der Waals surface area contributed by atoms with E-state index < -0.39 is 27.8 Å². The average molecular weight is 500 g/mol. The standard InChI is InChI=1S/C20H20F3N5O3S2/c21-20(22,23)18-14-3-1-2-4-16(14)28(27-18)10-17-26-15(11-32-17)19(29)25-9-12-5-7-13(8-6-12)33(24,30)31/h5-8,11H,1-4,9-10H2,(H,25,29)(H2,24,30,31). The lowest BCUT2D eigenvalue weighted by Crippen LogP contribution is -2.23. The number of thiazole rings is 1. The van der Waals surface area contributed by atoms with Gasteiger partial charge in [0, 0.05) is 23.2 Å². The van der Waals surface area contributed by atoms with Gasteiger partial charge in [-0.15, -0.1) is 11.3 Å². The Morgan fingerprint density at radius 1 is 1.18 bits per heavy atom. The lowest BCUT2D eigenvalue weighted by molar-refractivity contribution is -0.142. The number of hydrogen-bond donors (Lipinski definition) is 2. The van der Waals surface area contributed by atoms with Crippen LogP contribution in [0.4, 0.5) is 13.2 Å². The fraction of sp³-hybridized carbons (Fsp3) is 0.350. The van der Waals surface area contributed by atoms with Crippen LogP contribution in [0.15, 0.2) is 34.5 Å². The minimum Gasteiger partial charge on any atom is -0.347 e. The molecule has 0 spiro atoms. The summed E-state index contributed by atoms with van der Waals surface area (Å²) in [6, 6.07) is 5.76. The highest BCUT2D eigenvalue weighted by Gasteiger charge is 2.39. The van der Waals surface area contributed by atoms with Gasteiger partial charge in [-0.25, -0.2) is 18.5 Å². The van der Waals surface area contributed by atoms with Gasteiger partial charge in [0.15, 0.2) is 5.69 Å². The second-order valence-electron chi connectivity index (χ2n) is 7.63. The second kappa shape index (κ2) is 8.88. The maximum atomic E-state index is 13.4. The number of sulfonamides is 1. The van der Waals surface area contributed by atoms with E-state index in [-0.39, 0.29) is 29.2 Å². The molecule has 0 atom stereocenters. The molecule has 1 aliphatic carbocycles. The molecule has 33 heavy (non-hydrogen) atoms. The third-order valence-corrected chi connectivity index (χ3v) is 7.06. The molecule has 1 aliphatic rings. The number of rotatable bonds is 6. The van der Waals surface area contributed by atoms with Crippen molar-refractivity contribution in [3.8, 4) is 0 Å². The predicted octanol–water partition coefficient (Wildman–Crippen LogP) is 2.86. The zero-order chi connectivity index (χ0) is 23.8. The van der Waals surface area contributed by atoms with Gasteiger partial charge in [-0.1, -0.05) is 12.1 Å². The van der Waals surface area contributed by atoms with Gasteiger partial charge in [0.1, 0.15) is 10.7 Å². The molecule has 0 unspecified atom stereocenters. The van der Waals surface area contributed by atoms with Gasteiger partial charge in [-0.2, -0.15) is 18.3 Å². The number of carbonyl (C=O) groups excluding carboxylic acids is 1. The minimum atomic E-state index is -4.51. The predicted molar refractivity (Wildman–Crippen MR) is 114 cm³/mol. The molecular formula is C20H20F3N5O3S2. The Morgan fingerprint density at radius 2 is 1.88 bits per heavy atom. The summed E-state index contributed by atoms with van der Waals surface area (Å²) in [4.78, 5) is 16.6. The van der Waals surface area contributed by atoms with E-state index in [0.29, 0.717) is 35.5 Å². The number of carbonyl (C=O) groups is 1. The molecule has 4 rings (SSSR count). The quantitative estimate of drug-likeness (QED) is 0.541. The minimum absolute atomic E-state index is 0.0313. The molecule has 2 heterocycles. The molecular weight excluding hydrogens is 479 g/mol. The molecule has 0 fully saturated rings. The Kier molecular flexibility index (Phi) is 6.29. The molecule has 8 nitrogen and oxygen atoms in total. The molecule has 3 aromatic rings. The monoisotopic (exact) mass is 499 g/mol. The summed E-state index contributed by atoms with van der Waals surface area (Å²) in [6.45, 7) is 0.198. The normalized spacial score (nSPS) is 14.2. The highest BCUT2D eigenvalue weighted by atomic mass is 32.2. The van der Waals surface area contributed by atoms with Crippen LogP contribution in [-0.2, 0) is 42.1 Å². The van der Waals surface area contributed by atoms with Gasteiger partial charge in [0.25, 0.3) is 5.91 Å². The molecule has 0 saturated heterocycles. The number of halogens is 3. The van der Waals surface area contributed by atoms with Crippen LogP contribution in [-0.4, -0.2) is 29.1 Å². The van der Waals surface area contributed by atoms with Crippen LogP contribution in [0.2, 0.25) is 0 Å². The van der Waals surface area contributed by atoms with Crippen LogP contribution in [0.25, 0.3) is 0 Å². The molecule has 13 heteroatoms. The molecule has 1 amide bonds. The highest BCUT2D eigenvalue weighted by Crippen LogP contribution is 2.36. The van der Waals surface area contributed by atoms with Crippen LogP contribution in [0.5, 0.6) is 0 Å². The zero-order valence-corrected chi connectivity index (χ0v) is 18.9. The van der Waals surface area contributed by atoms with Crippen molar-refractivity contribution in [3.63, 3.8) is 0 Å². The third-order valence-electron chi connectivity index (χ3n) is 5.30. The number of alkyl halides is 3. The number of nitrogens with one attached hydrogen (secondary N) is 1. The van der Waals surface area contributed by atoms with Crippen molar-refractivity contribution in [1.82, 2.24) is 20.1 Å². The van der Waals surface area contributed by atoms with E-state index in [1.807, 2.05) is 0 Å². The Morgan fingerprint density at radius 3 is 2.55 bits per heavy atom. The number of benzene rings is 1. The molecule has 3 N–H and O–H groups in total. The summed E-state index contributed by atoms with van der Waals surface area (Å²) < 4.78 is 64.0. The van der Waals surface area contributed by atoms with Crippen molar-refractivity contribution < 1.29 is 26.4 Å². The average Bonchev–Trinajstić information content (AvgIpc) is 3.37. The van der Waals surface area contributed by atoms with E-state index in [4.69, 9.17) is 5.14 Å². The molecule has 0 bridgehead atoms. The van der Waals surface area contributed by atoms with Gasteiger partial charge >= 0.3 is 6.18 Å². The maximum absolute atomic E-state index is 13.4. The van der Waals surface area contributed by atoms with E-state index in [2.05, 4.69) is 15.4 Å². The highest BCUT2D eigenvalue weighted by molar-refractivity contribution is 7.89. The van der Waals surface area contributed by atoms with Crippen LogP contribution in [0, 0.1) is 0 Å². The van der Waals surface area contributed by atoms with Gasteiger partial charge in [-0.3, -0.25) is 9.48 Å². The first kappa shape index (κ1) is 23.4. The van der Waals surface area contributed by atoms with Gasteiger partial charge in [0.2, 0.25) is 10.0 Å². The number of nitrogens with two attached hydrogens (primary N) is 1. The first-order chi connectivity index (χ1) is 15.5. The summed E-state index contributed by atoms with van der Waals surface area (Å²) in [5, 5.41) is 13.6. The number of fused-ring (bicyclic) bond motifs is 1. The molecule has 0 radical (unpaired) electrons. The van der Waals surface area contributed by atoms with Crippen LogP contribution >= 0.6 is 11.3 Å². The van der Waals surface area contributed by atoms with Crippen molar-refractivity contribution in [2.45, 2.75) is 49.8 Å². The largest absolute Gasteiger partial charge is 0.435 e. The van der Waals surface area contributed by atoms with Crippen LogP contribution in [0.3, 0.4) is 0 Å². The summed E-state index contributed by atoms with van der Waals surface area (Å²) in [5.74, 6) is -0.452. The van der Waals surface area contributed by atoms with Gasteiger partial charge < -0.3 is 5.32 Å². The third kappa shape index (κ3) is 5.25. The van der Waals surface area contributed by atoms with Crippen molar-refractivity contribution in [2.75, 3.05) is 0 Å². The first-order valence-electron chi connectivity index (χ1n) is 10.0. The molecule has 0 aliphatic heterocycles. The number of hydrogen-bond acceptors (Lipinski definition) is 6. The number of primary sulfonamides is 1. The van der Waals surface area contributed by atoms with E-state index in [0.717, 1.165) is 6.42 Å². The summed E-state index contributed by atoms with van der Waals surface area (Å²) in [7, 11) is -3.80. The Bertz CT molecular complexity index is 1280. The van der Waals surface area contributed by atoms with Gasteiger partial charge in [0.05, 0.1) is 11.4 Å². The summed E-state index contributed by atoms with van der Waals surface area (Å²) >= 11 is 1.17. The lowest BCUT2D eigenvalue weighted by Gasteiger charge is -2.14. The topological polar surface area (TPSA) is 120 Å². The van der Waals surface area contributed by atoms with E-state index in [1.54, 1.807) is 0 Å². The molecule has 1 aromatic carbocycles. The van der Waals surface area contributed by atoms with Crippen LogP contribution in [0.1, 0.15) is 50.9 Å². The molecule has 176 valence electrons.